The first-order valence-electron chi connectivity index (χ1n) is 7.72. The van der Waals surface area contributed by atoms with Gasteiger partial charge in [-0.05, 0) is 56.4 Å². The number of nitrogens with zero attached hydrogens (tertiary/aromatic N) is 1. The SMILES string of the molecule is CN(CC1CC2CCC1C2)C(=O)[C@@H]1CCCCN1. The minimum Gasteiger partial charge on any atom is -0.344 e. The zero-order valence-corrected chi connectivity index (χ0v) is 11.5. The number of rotatable bonds is 3. The quantitative estimate of drug-likeness (QED) is 0.831. The van der Waals surface area contributed by atoms with E-state index < -0.39 is 0 Å². The topological polar surface area (TPSA) is 32.3 Å². The van der Waals surface area contributed by atoms with Gasteiger partial charge >= 0.3 is 0 Å². The number of nitrogens with one attached hydrogen (secondary N) is 1. The van der Waals surface area contributed by atoms with E-state index in [1.54, 1.807) is 0 Å². The molecule has 4 atom stereocenters. The number of carbonyl (C=O) groups is 1. The summed E-state index contributed by atoms with van der Waals surface area (Å²) >= 11 is 0. The molecule has 1 heterocycles. The third kappa shape index (κ3) is 2.42. The Bertz CT molecular complexity index is 312. The Labute approximate surface area is 110 Å². The Morgan fingerprint density at radius 3 is 2.72 bits per heavy atom. The molecule has 0 radical (unpaired) electrons. The van der Waals surface area contributed by atoms with Gasteiger partial charge in [-0.1, -0.05) is 12.8 Å². The fourth-order valence-corrected chi connectivity index (χ4v) is 4.37. The molecule has 2 saturated carbocycles. The van der Waals surface area contributed by atoms with Crippen LogP contribution in [0.5, 0.6) is 0 Å². The molecule has 2 aliphatic carbocycles. The fourth-order valence-electron chi connectivity index (χ4n) is 4.37. The molecule has 3 nitrogen and oxygen atoms in total. The Balaban J connectivity index is 1.51. The summed E-state index contributed by atoms with van der Waals surface area (Å²) in [5.74, 6) is 3.03. The second kappa shape index (κ2) is 5.20. The van der Waals surface area contributed by atoms with E-state index in [0.717, 1.165) is 37.3 Å². The van der Waals surface area contributed by atoms with Crippen LogP contribution in [0.1, 0.15) is 44.9 Å². The number of carbonyl (C=O) groups excluding carboxylic acids is 1. The van der Waals surface area contributed by atoms with Gasteiger partial charge in [-0.15, -0.1) is 0 Å². The number of likely N-dealkylation sites (N-methyl/N-ethyl adjacent to an activating group) is 1. The summed E-state index contributed by atoms with van der Waals surface area (Å²) in [5, 5.41) is 3.37. The second-order valence-electron chi connectivity index (χ2n) is 6.66. The molecule has 0 aromatic carbocycles. The summed E-state index contributed by atoms with van der Waals surface area (Å²) in [6.07, 6.45) is 9.13. The molecule has 3 unspecified atom stereocenters. The van der Waals surface area contributed by atoms with Gasteiger partial charge in [-0.3, -0.25) is 4.79 Å². The van der Waals surface area contributed by atoms with Gasteiger partial charge in [0.25, 0.3) is 0 Å². The molecular formula is C15H26N2O. The van der Waals surface area contributed by atoms with Crippen molar-refractivity contribution < 1.29 is 4.79 Å². The van der Waals surface area contributed by atoms with Crippen LogP contribution in [0.3, 0.4) is 0 Å². The lowest BCUT2D eigenvalue weighted by molar-refractivity contribution is -0.133. The highest BCUT2D eigenvalue weighted by Gasteiger charge is 2.40. The molecule has 3 fully saturated rings. The van der Waals surface area contributed by atoms with Crippen molar-refractivity contribution in [2.24, 2.45) is 17.8 Å². The lowest BCUT2D eigenvalue weighted by atomic mass is 9.88. The predicted molar refractivity (Wildman–Crippen MR) is 72.2 cm³/mol. The monoisotopic (exact) mass is 250 g/mol. The van der Waals surface area contributed by atoms with Crippen LogP contribution in [0.2, 0.25) is 0 Å². The van der Waals surface area contributed by atoms with Crippen molar-refractivity contribution in [1.82, 2.24) is 10.2 Å². The second-order valence-corrected chi connectivity index (χ2v) is 6.66. The van der Waals surface area contributed by atoms with E-state index in [4.69, 9.17) is 0 Å². The average molecular weight is 250 g/mol. The predicted octanol–water partition coefficient (Wildman–Crippen LogP) is 2.02. The van der Waals surface area contributed by atoms with Crippen LogP contribution in [-0.4, -0.2) is 37.0 Å². The van der Waals surface area contributed by atoms with E-state index in [9.17, 15) is 4.79 Å². The van der Waals surface area contributed by atoms with Crippen molar-refractivity contribution in [3.05, 3.63) is 0 Å². The highest BCUT2D eigenvalue weighted by atomic mass is 16.2. The van der Waals surface area contributed by atoms with Crippen LogP contribution in [0.25, 0.3) is 0 Å². The Morgan fingerprint density at radius 2 is 2.11 bits per heavy atom. The molecule has 18 heavy (non-hydrogen) atoms. The van der Waals surface area contributed by atoms with Crippen molar-refractivity contribution in [2.45, 2.75) is 51.0 Å². The van der Waals surface area contributed by atoms with Crippen molar-refractivity contribution in [1.29, 1.82) is 0 Å². The van der Waals surface area contributed by atoms with Gasteiger partial charge in [0.05, 0.1) is 6.04 Å². The molecule has 0 aromatic heterocycles. The summed E-state index contributed by atoms with van der Waals surface area (Å²) in [7, 11) is 2.00. The van der Waals surface area contributed by atoms with Gasteiger partial charge in [0, 0.05) is 13.6 Å². The molecule has 1 amide bonds. The van der Waals surface area contributed by atoms with Gasteiger partial charge < -0.3 is 10.2 Å². The average Bonchev–Trinajstić information content (AvgIpc) is 3.01. The van der Waals surface area contributed by atoms with E-state index in [-0.39, 0.29) is 6.04 Å². The van der Waals surface area contributed by atoms with E-state index in [1.165, 1.54) is 38.5 Å². The fraction of sp³-hybridized carbons (Fsp3) is 0.933. The summed E-state index contributed by atoms with van der Waals surface area (Å²) in [6, 6.07) is 0.0994. The van der Waals surface area contributed by atoms with Gasteiger partial charge in [-0.2, -0.15) is 0 Å². The van der Waals surface area contributed by atoms with Gasteiger partial charge in [0.2, 0.25) is 5.91 Å². The molecular weight excluding hydrogens is 224 g/mol. The Morgan fingerprint density at radius 1 is 1.22 bits per heavy atom. The molecule has 0 aromatic rings. The van der Waals surface area contributed by atoms with Crippen LogP contribution in [0.15, 0.2) is 0 Å². The third-order valence-corrected chi connectivity index (χ3v) is 5.38. The number of hydrogen-bond acceptors (Lipinski definition) is 2. The molecule has 2 bridgehead atoms. The summed E-state index contributed by atoms with van der Waals surface area (Å²) in [4.78, 5) is 14.4. The lowest BCUT2D eigenvalue weighted by Gasteiger charge is -2.31. The van der Waals surface area contributed by atoms with Gasteiger partial charge in [-0.25, -0.2) is 0 Å². The third-order valence-electron chi connectivity index (χ3n) is 5.38. The van der Waals surface area contributed by atoms with Gasteiger partial charge in [0.1, 0.15) is 0 Å². The van der Waals surface area contributed by atoms with E-state index in [0.29, 0.717) is 5.91 Å². The minimum atomic E-state index is 0.0994. The zero-order valence-electron chi connectivity index (χ0n) is 11.5. The van der Waals surface area contributed by atoms with Crippen molar-refractivity contribution >= 4 is 5.91 Å². The van der Waals surface area contributed by atoms with E-state index in [1.807, 2.05) is 11.9 Å². The maximum absolute atomic E-state index is 12.4. The molecule has 3 aliphatic rings. The van der Waals surface area contributed by atoms with Gasteiger partial charge in [0.15, 0.2) is 0 Å². The normalized spacial score (nSPS) is 38.9. The van der Waals surface area contributed by atoms with E-state index in [2.05, 4.69) is 5.32 Å². The molecule has 1 saturated heterocycles. The van der Waals surface area contributed by atoms with Crippen LogP contribution in [-0.2, 0) is 4.79 Å². The van der Waals surface area contributed by atoms with Crippen LogP contribution >= 0.6 is 0 Å². The van der Waals surface area contributed by atoms with E-state index >= 15 is 0 Å². The summed E-state index contributed by atoms with van der Waals surface area (Å²) in [6.45, 7) is 2.01. The van der Waals surface area contributed by atoms with Crippen molar-refractivity contribution in [2.75, 3.05) is 20.1 Å². The Hall–Kier alpha value is -0.570. The molecule has 3 heteroatoms. The largest absolute Gasteiger partial charge is 0.344 e. The number of piperidine rings is 1. The zero-order chi connectivity index (χ0) is 12.5. The smallest absolute Gasteiger partial charge is 0.239 e. The molecule has 102 valence electrons. The number of hydrogen-bond donors (Lipinski definition) is 1. The molecule has 0 spiro atoms. The first-order chi connectivity index (χ1) is 8.74. The van der Waals surface area contributed by atoms with Crippen LogP contribution < -0.4 is 5.32 Å². The first kappa shape index (κ1) is 12.5. The van der Waals surface area contributed by atoms with Crippen LogP contribution in [0.4, 0.5) is 0 Å². The van der Waals surface area contributed by atoms with Crippen LogP contribution in [0, 0.1) is 17.8 Å². The molecule has 1 aliphatic heterocycles. The van der Waals surface area contributed by atoms with Crippen molar-refractivity contribution in [3.8, 4) is 0 Å². The van der Waals surface area contributed by atoms with Crippen molar-refractivity contribution in [3.63, 3.8) is 0 Å². The number of fused-ring (bicyclic) bond motifs is 2. The maximum atomic E-state index is 12.4. The molecule has 3 rings (SSSR count). The number of amides is 1. The summed E-state index contributed by atoms with van der Waals surface area (Å²) in [5.41, 5.74) is 0. The standard InChI is InChI=1S/C15H26N2O/c1-17(15(18)14-4-2-3-7-16-14)10-13-9-11-5-6-12(13)8-11/h11-14,16H,2-10H2,1H3/t11?,12?,13?,14-/m0/s1. The summed E-state index contributed by atoms with van der Waals surface area (Å²) < 4.78 is 0. The molecule has 1 N–H and O–H groups in total. The highest BCUT2D eigenvalue weighted by molar-refractivity contribution is 5.81. The maximum Gasteiger partial charge on any atom is 0.239 e. The Kier molecular flexibility index (Phi) is 3.60. The highest BCUT2D eigenvalue weighted by Crippen LogP contribution is 2.48. The lowest BCUT2D eigenvalue weighted by Crippen LogP contribution is -2.48. The minimum absolute atomic E-state index is 0.0994. The first-order valence-corrected chi connectivity index (χ1v) is 7.72.